The van der Waals surface area contributed by atoms with Gasteiger partial charge in [0.15, 0.2) is 0 Å². The van der Waals surface area contributed by atoms with E-state index in [9.17, 15) is 4.79 Å². The van der Waals surface area contributed by atoms with Crippen LogP contribution in [0.5, 0.6) is 0 Å². The van der Waals surface area contributed by atoms with Gasteiger partial charge < -0.3 is 5.73 Å². The fourth-order valence-corrected chi connectivity index (χ4v) is 1.75. The van der Waals surface area contributed by atoms with Gasteiger partial charge in [0.1, 0.15) is 0 Å². The third kappa shape index (κ3) is 8.51. The number of carbonyl (C=O) groups excluding carboxylic acids is 1. The molecule has 0 aliphatic carbocycles. The van der Waals surface area contributed by atoms with Crippen molar-refractivity contribution >= 4 is 5.91 Å². The molecule has 0 heterocycles. The Balaban J connectivity index is 3.82. The van der Waals surface area contributed by atoms with Crippen LogP contribution in [0.2, 0.25) is 0 Å². The maximum atomic E-state index is 11.2. The van der Waals surface area contributed by atoms with Gasteiger partial charge >= 0.3 is 0 Å². The molecule has 0 rings (SSSR count). The summed E-state index contributed by atoms with van der Waals surface area (Å²) >= 11 is 0. The molecule has 0 aliphatic rings. The van der Waals surface area contributed by atoms with Crippen LogP contribution in [0.15, 0.2) is 11.6 Å². The van der Waals surface area contributed by atoms with E-state index in [2.05, 4.69) is 20.8 Å². The number of amides is 1. The van der Waals surface area contributed by atoms with E-state index in [1.54, 1.807) is 0 Å². The minimum absolute atomic E-state index is 0.248. The maximum absolute atomic E-state index is 11.2. The molecule has 2 nitrogen and oxygen atoms in total. The number of hydrogen-bond donors (Lipinski definition) is 1. The second kappa shape index (κ2) is 9.44. The van der Waals surface area contributed by atoms with Crippen molar-refractivity contribution in [2.45, 2.75) is 65.7 Å². The van der Waals surface area contributed by atoms with Gasteiger partial charge in [-0.2, -0.15) is 0 Å². The molecule has 0 saturated heterocycles. The molecule has 2 heteroatoms. The first-order chi connectivity index (χ1) is 7.57. The smallest absolute Gasteiger partial charge is 0.244 e. The molecule has 0 unspecified atom stereocenters. The molecule has 2 N–H and O–H groups in total. The molecule has 0 fully saturated rings. The van der Waals surface area contributed by atoms with Crippen molar-refractivity contribution in [1.82, 2.24) is 0 Å². The number of nitrogens with two attached hydrogens (primary N) is 1. The molecule has 0 aromatic carbocycles. The van der Waals surface area contributed by atoms with Gasteiger partial charge in [-0.1, -0.05) is 52.5 Å². The second-order valence-electron chi connectivity index (χ2n) is 4.89. The first-order valence-electron chi connectivity index (χ1n) is 6.56. The van der Waals surface area contributed by atoms with Gasteiger partial charge in [-0.05, 0) is 25.2 Å². The van der Waals surface area contributed by atoms with Crippen LogP contribution in [0.4, 0.5) is 0 Å². The maximum Gasteiger partial charge on any atom is 0.244 e. The number of allylic oxidation sites excluding steroid dienone is 1. The summed E-state index contributed by atoms with van der Waals surface area (Å²) in [6.45, 7) is 6.43. The number of hydrogen-bond acceptors (Lipinski definition) is 1. The zero-order valence-electron chi connectivity index (χ0n) is 11.1. The van der Waals surface area contributed by atoms with Gasteiger partial charge in [0.2, 0.25) is 5.91 Å². The highest BCUT2D eigenvalue weighted by atomic mass is 16.1. The fourth-order valence-electron chi connectivity index (χ4n) is 1.75. The van der Waals surface area contributed by atoms with Crippen LogP contribution in [0.1, 0.15) is 65.7 Å². The van der Waals surface area contributed by atoms with Gasteiger partial charge in [0.25, 0.3) is 0 Å². The van der Waals surface area contributed by atoms with E-state index in [4.69, 9.17) is 5.73 Å². The summed E-state index contributed by atoms with van der Waals surface area (Å²) in [5.74, 6) is 0.251. The molecule has 0 atom stereocenters. The van der Waals surface area contributed by atoms with E-state index < -0.39 is 0 Å². The van der Waals surface area contributed by atoms with Gasteiger partial charge in [-0.3, -0.25) is 4.79 Å². The molecule has 0 bridgehead atoms. The molecule has 0 aromatic heterocycles. The molecule has 1 amide bonds. The fraction of sp³-hybridized carbons (Fsp3) is 0.786. The summed E-state index contributed by atoms with van der Waals surface area (Å²) < 4.78 is 0. The number of carbonyl (C=O) groups is 1. The predicted octanol–water partition coefficient (Wildman–Crippen LogP) is 3.80. The Labute approximate surface area is 100 Å². The van der Waals surface area contributed by atoms with Gasteiger partial charge in [0.05, 0.1) is 0 Å². The largest absolute Gasteiger partial charge is 0.366 e. The van der Waals surface area contributed by atoms with E-state index in [-0.39, 0.29) is 5.91 Å². The Morgan fingerprint density at radius 1 is 1.19 bits per heavy atom. The van der Waals surface area contributed by atoms with Crippen LogP contribution in [-0.2, 0) is 4.79 Å². The lowest BCUT2D eigenvalue weighted by atomic mass is 10.0. The predicted molar refractivity (Wildman–Crippen MR) is 70.1 cm³/mol. The summed E-state index contributed by atoms with van der Waals surface area (Å²) in [6, 6.07) is 0. The highest BCUT2D eigenvalue weighted by molar-refractivity contribution is 5.91. The van der Waals surface area contributed by atoms with Crippen LogP contribution in [0.25, 0.3) is 0 Å². The van der Waals surface area contributed by atoms with Crippen LogP contribution in [0.3, 0.4) is 0 Å². The molecule has 0 aliphatic heterocycles. The average molecular weight is 225 g/mol. The summed E-state index contributed by atoms with van der Waals surface area (Å²) in [5.41, 5.74) is 6.15. The van der Waals surface area contributed by atoms with E-state index >= 15 is 0 Å². The van der Waals surface area contributed by atoms with Crippen molar-refractivity contribution in [3.8, 4) is 0 Å². The van der Waals surface area contributed by atoms with E-state index in [1.807, 2.05) is 6.08 Å². The van der Waals surface area contributed by atoms with Crippen LogP contribution in [-0.4, -0.2) is 5.91 Å². The molecule has 16 heavy (non-hydrogen) atoms. The number of unbranched alkanes of at least 4 members (excludes halogenated alkanes) is 5. The molecular weight excluding hydrogens is 198 g/mol. The van der Waals surface area contributed by atoms with E-state index in [0.717, 1.165) is 18.4 Å². The van der Waals surface area contributed by atoms with Crippen molar-refractivity contribution in [2.24, 2.45) is 11.7 Å². The van der Waals surface area contributed by atoms with Crippen LogP contribution < -0.4 is 5.73 Å². The highest BCUT2D eigenvalue weighted by Crippen LogP contribution is 2.13. The molecule has 0 aromatic rings. The Hall–Kier alpha value is -0.790. The third-order valence-corrected chi connectivity index (χ3v) is 2.64. The Kier molecular flexibility index (Phi) is 8.97. The minimum Gasteiger partial charge on any atom is -0.366 e. The van der Waals surface area contributed by atoms with Crippen molar-refractivity contribution < 1.29 is 4.79 Å². The van der Waals surface area contributed by atoms with Gasteiger partial charge in [-0.25, -0.2) is 0 Å². The van der Waals surface area contributed by atoms with Crippen molar-refractivity contribution in [1.29, 1.82) is 0 Å². The first kappa shape index (κ1) is 15.2. The third-order valence-electron chi connectivity index (χ3n) is 2.64. The minimum atomic E-state index is -0.248. The lowest BCUT2D eigenvalue weighted by Crippen LogP contribution is -2.15. The van der Waals surface area contributed by atoms with Crippen molar-refractivity contribution in [3.05, 3.63) is 11.6 Å². The summed E-state index contributed by atoms with van der Waals surface area (Å²) in [6.07, 6.45) is 10.2. The SMILES string of the molecule is CCCCCCCC=C(CC(C)C)C(N)=O. The van der Waals surface area contributed by atoms with Crippen LogP contribution >= 0.6 is 0 Å². The van der Waals surface area contributed by atoms with E-state index in [0.29, 0.717) is 5.92 Å². The van der Waals surface area contributed by atoms with Crippen molar-refractivity contribution in [3.63, 3.8) is 0 Å². The molecule has 0 spiro atoms. The zero-order chi connectivity index (χ0) is 12.4. The second-order valence-corrected chi connectivity index (χ2v) is 4.89. The highest BCUT2D eigenvalue weighted by Gasteiger charge is 2.06. The Bertz CT molecular complexity index is 219. The van der Waals surface area contributed by atoms with Gasteiger partial charge in [0, 0.05) is 5.57 Å². The van der Waals surface area contributed by atoms with Crippen molar-refractivity contribution in [2.75, 3.05) is 0 Å². The monoisotopic (exact) mass is 225 g/mol. The normalized spacial score (nSPS) is 12.1. The van der Waals surface area contributed by atoms with E-state index in [1.165, 1.54) is 32.1 Å². The first-order valence-corrected chi connectivity index (χ1v) is 6.56. The summed E-state index contributed by atoms with van der Waals surface area (Å²) in [4.78, 5) is 11.2. The average Bonchev–Trinajstić information content (AvgIpc) is 2.20. The molecule has 94 valence electrons. The number of primary amides is 1. The standard InChI is InChI=1S/C14H27NO/c1-4-5-6-7-8-9-10-13(14(15)16)11-12(2)3/h10,12H,4-9,11H2,1-3H3,(H2,15,16). The lowest BCUT2D eigenvalue weighted by molar-refractivity contribution is -0.114. The molecular formula is C14H27NO. The Morgan fingerprint density at radius 2 is 1.81 bits per heavy atom. The summed E-state index contributed by atoms with van der Waals surface area (Å²) in [5, 5.41) is 0. The lowest BCUT2D eigenvalue weighted by Gasteiger charge is -2.06. The quantitative estimate of drug-likeness (QED) is 0.470. The van der Waals surface area contributed by atoms with Gasteiger partial charge in [-0.15, -0.1) is 0 Å². The Morgan fingerprint density at radius 3 is 2.31 bits per heavy atom. The zero-order valence-corrected chi connectivity index (χ0v) is 11.1. The topological polar surface area (TPSA) is 43.1 Å². The molecule has 0 radical (unpaired) electrons. The summed E-state index contributed by atoms with van der Waals surface area (Å²) in [7, 11) is 0. The van der Waals surface area contributed by atoms with Crippen LogP contribution in [0, 0.1) is 5.92 Å². The molecule has 0 saturated carbocycles. The number of rotatable bonds is 9.